The summed E-state index contributed by atoms with van der Waals surface area (Å²) in [5.41, 5.74) is -1.71. The fraction of sp³-hybridized carbons (Fsp3) is 0.923. The lowest BCUT2D eigenvalue weighted by atomic mass is 9.66. The molecule has 2 rings (SSSR count). The second kappa shape index (κ2) is 3.69. The molecular formula is C13H22O4. The predicted octanol–water partition coefficient (Wildman–Crippen LogP) is 1.65. The van der Waals surface area contributed by atoms with Crippen LogP contribution in [0.1, 0.15) is 46.5 Å². The molecule has 17 heavy (non-hydrogen) atoms. The van der Waals surface area contributed by atoms with Crippen molar-refractivity contribution in [2.24, 2.45) is 5.41 Å². The molecule has 0 spiro atoms. The van der Waals surface area contributed by atoms with Crippen molar-refractivity contribution in [2.75, 3.05) is 7.11 Å². The van der Waals surface area contributed by atoms with Crippen LogP contribution in [-0.4, -0.2) is 35.5 Å². The topological polar surface area (TPSA) is 55.8 Å². The summed E-state index contributed by atoms with van der Waals surface area (Å²) < 4.78 is 11.0. The van der Waals surface area contributed by atoms with E-state index in [9.17, 15) is 9.90 Å². The van der Waals surface area contributed by atoms with Crippen molar-refractivity contribution in [3.8, 4) is 0 Å². The number of carbonyl (C=O) groups excluding carboxylic acids is 1. The maximum Gasteiger partial charge on any atom is 0.314 e. The molecule has 2 heterocycles. The molecule has 2 fully saturated rings. The molecule has 0 saturated carbocycles. The van der Waals surface area contributed by atoms with E-state index in [1.165, 1.54) is 7.11 Å². The first-order valence-electron chi connectivity index (χ1n) is 6.30. The Kier molecular flexibility index (Phi) is 2.79. The van der Waals surface area contributed by atoms with Crippen LogP contribution in [0, 0.1) is 5.41 Å². The quantitative estimate of drug-likeness (QED) is 0.764. The van der Waals surface area contributed by atoms with E-state index in [0.717, 1.165) is 19.3 Å². The van der Waals surface area contributed by atoms with Gasteiger partial charge in [-0.15, -0.1) is 0 Å². The number of esters is 1. The predicted molar refractivity (Wildman–Crippen MR) is 62.5 cm³/mol. The van der Waals surface area contributed by atoms with E-state index in [1.54, 1.807) is 0 Å². The van der Waals surface area contributed by atoms with Crippen LogP contribution in [0.15, 0.2) is 0 Å². The average molecular weight is 242 g/mol. The van der Waals surface area contributed by atoms with E-state index < -0.39 is 22.7 Å². The molecule has 1 N–H and O–H groups in total. The highest BCUT2D eigenvalue weighted by Crippen LogP contribution is 2.59. The van der Waals surface area contributed by atoms with Gasteiger partial charge in [0, 0.05) is 6.42 Å². The Balaban J connectivity index is 2.32. The number of aliphatic hydroxyl groups excluding tert-OH is 1. The smallest absolute Gasteiger partial charge is 0.314 e. The number of fused-ring (bicyclic) bond motifs is 2. The second-order valence-corrected chi connectivity index (χ2v) is 5.85. The standard InChI is InChI=1S/C13H22O4/c1-5-12-6-7-13(17-12,8-9(12)14)11(2,3)10(15)16-4/h9,14H,5-8H2,1-4H3. The van der Waals surface area contributed by atoms with Gasteiger partial charge in [0.2, 0.25) is 0 Å². The van der Waals surface area contributed by atoms with Gasteiger partial charge in [-0.2, -0.15) is 0 Å². The molecule has 0 aromatic heterocycles. The van der Waals surface area contributed by atoms with Crippen molar-refractivity contribution in [2.45, 2.75) is 63.8 Å². The van der Waals surface area contributed by atoms with Gasteiger partial charge in [-0.1, -0.05) is 6.92 Å². The van der Waals surface area contributed by atoms with Crippen LogP contribution < -0.4 is 0 Å². The first-order chi connectivity index (χ1) is 7.83. The summed E-state index contributed by atoms with van der Waals surface area (Å²) in [7, 11) is 1.40. The normalized spacial score (nSPS) is 40.6. The zero-order chi connectivity index (χ0) is 12.9. The summed E-state index contributed by atoms with van der Waals surface area (Å²) in [6, 6.07) is 0. The molecule has 0 aliphatic carbocycles. The molecule has 2 aliphatic rings. The summed E-state index contributed by atoms with van der Waals surface area (Å²) in [4.78, 5) is 11.9. The van der Waals surface area contributed by atoms with E-state index in [0.29, 0.717) is 6.42 Å². The SMILES string of the molecule is CCC12CCC(C(C)(C)C(=O)OC)(CC1O)O2. The number of rotatable bonds is 3. The van der Waals surface area contributed by atoms with E-state index in [1.807, 2.05) is 20.8 Å². The van der Waals surface area contributed by atoms with E-state index in [4.69, 9.17) is 9.47 Å². The van der Waals surface area contributed by atoms with E-state index >= 15 is 0 Å². The minimum absolute atomic E-state index is 0.265. The van der Waals surface area contributed by atoms with Crippen molar-refractivity contribution >= 4 is 5.97 Å². The third-order valence-corrected chi connectivity index (χ3v) is 4.91. The van der Waals surface area contributed by atoms with Crippen molar-refractivity contribution in [3.05, 3.63) is 0 Å². The Bertz CT molecular complexity index is 338. The van der Waals surface area contributed by atoms with Gasteiger partial charge in [-0.25, -0.2) is 0 Å². The van der Waals surface area contributed by atoms with Gasteiger partial charge in [-0.05, 0) is 33.1 Å². The molecule has 98 valence electrons. The largest absolute Gasteiger partial charge is 0.469 e. The number of hydrogen-bond acceptors (Lipinski definition) is 4. The Hall–Kier alpha value is -0.610. The maximum atomic E-state index is 11.9. The summed E-state index contributed by atoms with van der Waals surface area (Å²) in [6.07, 6.45) is 2.49. The highest BCUT2D eigenvalue weighted by molar-refractivity contribution is 5.77. The van der Waals surface area contributed by atoms with Crippen LogP contribution in [0.5, 0.6) is 0 Å². The molecule has 0 aromatic rings. The molecule has 0 amide bonds. The van der Waals surface area contributed by atoms with Crippen molar-refractivity contribution in [1.82, 2.24) is 0 Å². The van der Waals surface area contributed by atoms with Gasteiger partial charge < -0.3 is 14.6 Å². The van der Waals surface area contributed by atoms with E-state index in [-0.39, 0.29) is 5.97 Å². The van der Waals surface area contributed by atoms with Gasteiger partial charge in [0.1, 0.15) is 0 Å². The van der Waals surface area contributed by atoms with Crippen molar-refractivity contribution < 1.29 is 19.4 Å². The number of methoxy groups -OCH3 is 1. The molecule has 2 saturated heterocycles. The van der Waals surface area contributed by atoms with Gasteiger partial charge in [0.05, 0.1) is 29.8 Å². The molecule has 2 aliphatic heterocycles. The Morgan fingerprint density at radius 2 is 2.18 bits per heavy atom. The summed E-state index contributed by atoms with van der Waals surface area (Å²) in [5, 5.41) is 10.2. The Labute approximate surface area is 102 Å². The maximum absolute atomic E-state index is 11.9. The Morgan fingerprint density at radius 3 is 2.59 bits per heavy atom. The number of aliphatic hydroxyl groups is 1. The van der Waals surface area contributed by atoms with Crippen LogP contribution in [0.25, 0.3) is 0 Å². The van der Waals surface area contributed by atoms with Crippen LogP contribution in [0.2, 0.25) is 0 Å². The van der Waals surface area contributed by atoms with Crippen LogP contribution >= 0.6 is 0 Å². The summed E-state index contributed by atoms with van der Waals surface area (Å²) in [6.45, 7) is 5.72. The molecule has 3 unspecified atom stereocenters. The molecule has 0 aromatic carbocycles. The zero-order valence-electron chi connectivity index (χ0n) is 11.1. The van der Waals surface area contributed by atoms with Crippen LogP contribution in [0.4, 0.5) is 0 Å². The number of ether oxygens (including phenoxy) is 2. The second-order valence-electron chi connectivity index (χ2n) is 5.85. The van der Waals surface area contributed by atoms with Gasteiger partial charge in [0.15, 0.2) is 0 Å². The molecular weight excluding hydrogens is 220 g/mol. The summed E-state index contributed by atoms with van der Waals surface area (Å²) in [5.74, 6) is -0.265. The lowest BCUT2D eigenvalue weighted by Crippen LogP contribution is -2.49. The molecule has 4 nitrogen and oxygen atoms in total. The van der Waals surface area contributed by atoms with Crippen molar-refractivity contribution in [3.63, 3.8) is 0 Å². The third kappa shape index (κ3) is 1.47. The lowest BCUT2D eigenvalue weighted by Gasteiger charge is -2.39. The molecule has 2 bridgehead atoms. The minimum Gasteiger partial charge on any atom is -0.469 e. The number of hydrogen-bond donors (Lipinski definition) is 1. The van der Waals surface area contributed by atoms with Crippen LogP contribution in [0.3, 0.4) is 0 Å². The molecule has 0 radical (unpaired) electrons. The fourth-order valence-corrected chi connectivity index (χ4v) is 3.40. The first-order valence-corrected chi connectivity index (χ1v) is 6.30. The Morgan fingerprint density at radius 1 is 1.53 bits per heavy atom. The highest BCUT2D eigenvalue weighted by Gasteiger charge is 2.67. The third-order valence-electron chi connectivity index (χ3n) is 4.91. The van der Waals surface area contributed by atoms with E-state index in [2.05, 4.69) is 0 Å². The lowest BCUT2D eigenvalue weighted by molar-refractivity contribution is -0.173. The van der Waals surface area contributed by atoms with Gasteiger partial charge in [0.25, 0.3) is 0 Å². The van der Waals surface area contributed by atoms with Crippen molar-refractivity contribution in [1.29, 1.82) is 0 Å². The minimum atomic E-state index is -0.712. The summed E-state index contributed by atoms with van der Waals surface area (Å²) >= 11 is 0. The average Bonchev–Trinajstić information content (AvgIpc) is 2.82. The molecule has 4 heteroatoms. The monoisotopic (exact) mass is 242 g/mol. The highest BCUT2D eigenvalue weighted by atomic mass is 16.6. The number of carbonyl (C=O) groups is 1. The zero-order valence-corrected chi connectivity index (χ0v) is 11.1. The fourth-order valence-electron chi connectivity index (χ4n) is 3.40. The molecule has 3 atom stereocenters. The van der Waals surface area contributed by atoms with Gasteiger partial charge >= 0.3 is 5.97 Å². The van der Waals surface area contributed by atoms with Gasteiger partial charge in [-0.3, -0.25) is 4.79 Å². The van der Waals surface area contributed by atoms with Crippen LogP contribution in [-0.2, 0) is 14.3 Å². The first kappa shape index (κ1) is 12.8.